The summed E-state index contributed by atoms with van der Waals surface area (Å²) >= 11 is 1.17. The van der Waals surface area contributed by atoms with Crippen LogP contribution in [0.25, 0.3) is 27.3 Å². The molecule has 8 heteroatoms. The van der Waals surface area contributed by atoms with Gasteiger partial charge in [0.05, 0.1) is 11.2 Å². The number of carboxylic acids is 1. The van der Waals surface area contributed by atoms with Crippen molar-refractivity contribution in [3.05, 3.63) is 45.5 Å². The molecular weight excluding hydrogens is 330 g/mol. The molecule has 0 aliphatic carbocycles. The third-order valence-electron chi connectivity index (χ3n) is 3.82. The minimum absolute atomic E-state index is 0.331. The fourth-order valence-electron chi connectivity index (χ4n) is 2.77. The van der Waals surface area contributed by atoms with Crippen molar-refractivity contribution in [3.8, 4) is 11.3 Å². The van der Waals surface area contributed by atoms with Crippen molar-refractivity contribution in [2.24, 2.45) is 0 Å². The van der Waals surface area contributed by atoms with Crippen LogP contribution in [-0.4, -0.2) is 25.4 Å². The molecule has 3 aromatic heterocycles. The smallest absolute Gasteiger partial charge is 0.417 e. The Balaban J connectivity index is 1.87. The van der Waals surface area contributed by atoms with Crippen LogP contribution < -0.4 is 5.76 Å². The Labute approximate surface area is 139 Å². The van der Waals surface area contributed by atoms with Gasteiger partial charge in [0.2, 0.25) is 0 Å². The maximum atomic E-state index is 11.4. The molecule has 3 heterocycles. The number of carboxylic acid groups (broad SMARTS) is 1. The third-order valence-corrected chi connectivity index (χ3v) is 4.90. The molecule has 4 rings (SSSR count). The number of hydrogen-bond acceptors (Lipinski definition) is 5. The first-order chi connectivity index (χ1) is 11.6. The van der Waals surface area contributed by atoms with Gasteiger partial charge in [-0.1, -0.05) is 30.7 Å². The lowest BCUT2D eigenvalue weighted by Crippen LogP contribution is -2.00. The quantitative estimate of drug-likeness (QED) is 0.593. The first-order valence-corrected chi connectivity index (χ1v) is 8.25. The maximum absolute atomic E-state index is 11.4. The zero-order valence-electron chi connectivity index (χ0n) is 12.7. The molecule has 0 bridgehead atoms. The van der Waals surface area contributed by atoms with Gasteiger partial charge in [0.25, 0.3) is 0 Å². The van der Waals surface area contributed by atoms with Gasteiger partial charge in [-0.15, -0.1) is 0 Å². The lowest BCUT2D eigenvalue weighted by molar-refractivity contribution is 0.0700. The molecule has 122 valence electrons. The van der Waals surface area contributed by atoms with Crippen molar-refractivity contribution >= 4 is 33.4 Å². The van der Waals surface area contributed by atoms with Gasteiger partial charge in [-0.25, -0.2) is 14.6 Å². The highest BCUT2D eigenvalue weighted by molar-refractivity contribution is 7.19. The van der Waals surface area contributed by atoms with E-state index in [1.165, 1.54) is 11.3 Å². The van der Waals surface area contributed by atoms with E-state index in [2.05, 4.69) is 9.97 Å². The number of imidazole rings is 1. The molecule has 0 radical (unpaired) electrons. The Kier molecular flexibility index (Phi) is 3.27. The van der Waals surface area contributed by atoms with E-state index in [-0.39, 0.29) is 0 Å². The molecule has 0 aliphatic rings. The van der Waals surface area contributed by atoms with Crippen LogP contribution in [0.2, 0.25) is 0 Å². The largest absolute Gasteiger partial charge is 0.477 e. The fraction of sp³-hybridized carbons (Fsp3) is 0.188. The zero-order valence-corrected chi connectivity index (χ0v) is 13.5. The van der Waals surface area contributed by atoms with Crippen molar-refractivity contribution in [2.75, 3.05) is 0 Å². The number of aromatic amines is 1. The van der Waals surface area contributed by atoms with Gasteiger partial charge >= 0.3 is 11.7 Å². The summed E-state index contributed by atoms with van der Waals surface area (Å²) in [6, 6.07) is 5.35. The van der Waals surface area contributed by atoms with Gasteiger partial charge in [-0.2, -0.15) is 0 Å². The SMILES string of the molecule is CCCc1c(C(=O)O)sc2nc(-c3ccc4[nH]c(=O)oc4c3)cn12. The van der Waals surface area contributed by atoms with Gasteiger partial charge in [0, 0.05) is 17.5 Å². The standard InChI is InChI=1S/C16H13N3O4S/c1-2-3-11-13(14(20)21)24-15-17-10(7-19(11)15)8-4-5-9-12(6-8)23-16(22)18-9/h4-7H,2-3H2,1H3,(H,18,22)(H,20,21). The molecule has 0 spiro atoms. The van der Waals surface area contributed by atoms with E-state index in [1.807, 2.05) is 23.6 Å². The number of H-pyrrole nitrogens is 1. The number of carbonyl (C=O) groups is 1. The lowest BCUT2D eigenvalue weighted by atomic mass is 10.1. The van der Waals surface area contributed by atoms with E-state index in [9.17, 15) is 14.7 Å². The number of thiazole rings is 1. The normalized spacial score (nSPS) is 11.5. The molecule has 0 aliphatic heterocycles. The molecule has 24 heavy (non-hydrogen) atoms. The number of nitrogens with zero attached hydrogens (tertiary/aromatic N) is 2. The predicted molar refractivity (Wildman–Crippen MR) is 89.9 cm³/mol. The highest BCUT2D eigenvalue weighted by Crippen LogP contribution is 2.29. The van der Waals surface area contributed by atoms with Crippen LogP contribution in [0.4, 0.5) is 0 Å². The molecule has 2 N–H and O–H groups in total. The summed E-state index contributed by atoms with van der Waals surface area (Å²) in [6.07, 6.45) is 3.35. The van der Waals surface area contributed by atoms with Gasteiger partial charge in [-0.3, -0.25) is 9.38 Å². The number of aromatic carboxylic acids is 1. The Morgan fingerprint density at radius 3 is 3.04 bits per heavy atom. The molecule has 1 aromatic carbocycles. The average Bonchev–Trinajstić information content (AvgIpc) is 3.19. The van der Waals surface area contributed by atoms with Crippen LogP contribution in [0, 0.1) is 0 Å². The van der Waals surface area contributed by atoms with E-state index < -0.39 is 11.7 Å². The van der Waals surface area contributed by atoms with Crippen molar-refractivity contribution in [3.63, 3.8) is 0 Å². The van der Waals surface area contributed by atoms with Crippen LogP contribution >= 0.6 is 11.3 Å². The number of oxazole rings is 1. The summed E-state index contributed by atoms with van der Waals surface area (Å²) in [5, 5.41) is 9.34. The second-order valence-corrected chi connectivity index (χ2v) is 6.41. The summed E-state index contributed by atoms with van der Waals surface area (Å²) in [7, 11) is 0. The highest BCUT2D eigenvalue weighted by Gasteiger charge is 2.19. The number of fused-ring (bicyclic) bond motifs is 2. The molecule has 0 atom stereocenters. The van der Waals surface area contributed by atoms with Gasteiger partial charge in [-0.05, 0) is 18.6 Å². The van der Waals surface area contributed by atoms with E-state index in [0.29, 0.717) is 33.1 Å². The molecular formula is C16H13N3O4S. The van der Waals surface area contributed by atoms with Gasteiger partial charge in [0.1, 0.15) is 4.88 Å². The summed E-state index contributed by atoms with van der Waals surface area (Å²) in [6.45, 7) is 2.01. The van der Waals surface area contributed by atoms with Crippen molar-refractivity contribution in [1.29, 1.82) is 0 Å². The fourth-order valence-corrected chi connectivity index (χ4v) is 3.76. The average molecular weight is 343 g/mol. The van der Waals surface area contributed by atoms with E-state index in [4.69, 9.17) is 4.42 Å². The molecule has 7 nitrogen and oxygen atoms in total. The predicted octanol–water partition coefficient (Wildman–Crippen LogP) is 3.15. The monoisotopic (exact) mass is 343 g/mol. The minimum atomic E-state index is -0.925. The minimum Gasteiger partial charge on any atom is -0.477 e. The number of aryl methyl sites for hydroxylation is 1. The Morgan fingerprint density at radius 2 is 2.29 bits per heavy atom. The van der Waals surface area contributed by atoms with Gasteiger partial charge < -0.3 is 9.52 Å². The molecule has 0 unspecified atom stereocenters. The number of benzene rings is 1. The molecule has 0 fully saturated rings. The first kappa shape index (κ1) is 14.7. The topological polar surface area (TPSA) is 101 Å². The second-order valence-electron chi connectivity index (χ2n) is 5.44. The van der Waals surface area contributed by atoms with E-state index >= 15 is 0 Å². The number of rotatable bonds is 4. The van der Waals surface area contributed by atoms with E-state index in [0.717, 1.165) is 17.7 Å². The summed E-state index contributed by atoms with van der Waals surface area (Å²) in [4.78, 5) is 30.7. The number of nitrogens with one attached hydrogen (secondary N) is 1. The second kappa shape index (κ2) is 5.34. The lowest BCUT2D eigenvalue weighted by Gasteiger charge is -1.99. The first-order valence-electron chi connectivity index (χ1n) is 7.44. The Morgan fingerprint density at radius 1 is 1.46 bits per heavy atom. The summed E-state index contributed by atoms with van der Waals surface area (Å²) in [5.41, 5.74) is 3.37. The molecule has 0 amide bonds. The van der Waals surface area contributed by atoms with Crippen LogP contribution in [0.3, 0.4) is 0 Å². The molecule has 4 aromatic rings. The van der Waals surface area contributed by atoms with Crippen molar-refractivity contribution < 1.29 is 14.3 Å². The maximum Gasteiger partial charge on any atom is 0.417 e. The molecule has 0 saturated heterocycles. The Hall–Kier alpha value is -2.87. The number of aromatic nitrogens is 3. The van der Waals surface area contributed by atoms with Crippen LogP contribution in [0.1, 0.15) is 28.7 Å². The van der Waals surface area contributed by atoms with Gasteiger partial charge in [0.15, 0.2) is 10.5 Å². The molecule has 0 saturated carbocycles. The third kappa shape index (κ3) is 2.23. The summed E-state index contributed by atoms with van der Waals surface area (Å²) in [5.74, 6) is -1.42. The van der Waals surface area contributed by atoms with Crippen LogP contribution in [0.5, 0.6) is 0 Å². The number of hydrogen-bond donors (Lipinski definition) is 2. The van der Waals surface area contributed by atoms with Crippen LogP contribution in [-0.2, 0) is 6.42 Å². The Bertz CT molecular complexity index is 1130. The summed E-state index contributed by atoms with van der Waals surface area (Å²) < 4.78 is 6.92. The zero-order chi connectivity index (χ0) is 16.8. The van der Waals surface area contributed by atoms with Crippen LogP contribution in [0.15, 0.2) is 33.6 Å². The highest BCUT2D eigenvalue weighted by atomic mass is 32.1. The van der Waals surface area contributed by atoms with E-state index in [1.54, 1.807) is 12.1 Å². The van der Waals surface area contributed by atoms with Crippen molar-refractivity contribution in [1.82, 2.24) is 14.4 Å². The van der Waals surface area contributed by atoms with Crippen molar-refractivity contribution in [2.45, 2.75) is 19.8 Å².